The van der Waals surface area contributed by atoms with Gasteiger partial charge in [-0.1, -0.05) is 18.2 Å². The summed E-state index contributed by atoms with van der Waals surface area (Å²) in [6.07, 6.45) is -1.09. The van der Waals surface area contributed by atoms with Crippen molar-refractivity contribution in [1.82, 2.24) is 4.90 Å². The van der Waals surface area contributed by atoms with Crippen molar-refractivity contribution < 1.29 is 27.5 Å². The van der Waals surface area contributed by atoms with Gasteiger partial charge in [0.1, 0.15) is 11.3 Å². The van der Waals surface area contributed by atoms with Crippen molar-refractivity contribution in [1.29, 1.82) is 0 Å². The molecule has 0 saturated carbocycles. The van der Waals surface area contributed by atoms with E-state index in [1.165, 1.54) is 18.9 Å². The SMILES string of the molecule is COC1C(=O)N2C(C(=O)OC(C)(C)C)=C(CSc3ccccc3)CS(=O)(=O)C12. The number of sulfone groups is 1. The molecule has 7 nitrogen and oxygen atoms in total. The second-order valence-electron chi connectivity index (χ2n) is 7.62. The van der Waals surface area contributed by atoms with Crippen molar-refractivity contribution in [2.24, 2.45) is 0 Å². The number of hydrogen-bond acceptors (Lipinski definition) is 7. The summed E-state index contributed by atoms with van der Waals surface area (Å²) in [6, 6.07) is 9.43. The predicted molar refractivity (Wildman–Crippen MR) is 105 cm³/mol. The maximum Gasteiger partial charge on any atom is 0.355 e. The Balaban J connectivity index is 1.99. The summed E-state index contributed by atoms with van der Waals surface area (Å²) in [7, 11) is -2.40. The molecular formula is C19H23NO6S2. The smallest absolute Gasteiger partial charge is 0.355 e. The molecule has 9 heteroatoms. The minimum atomic E-state index is -3.68. The quantitative estimate of drug-likeness (QED) is 0.405. The summed E-state index contributed by atoms with van der Waals surface area (Å²) in [6.45, 7) is 5.16. The van der Waals surface area contributed by atoms with Gasteiger partial charge in [0.15, 0.2) is 21.3 Å². The first-order valence-electron chi connectivity index (χ1n) is 8.76. The summed E-state index contributed by atoms with van der Waals surface area (Å²) < 4.78 is 36.0. The van der Waals surface area contributed by atoms with Crippen molar-refractivity contribution >= 4 is 33.5 Å². The van der Waals surface area contributed by atoms with Crippen molar-refractivity contribution in [2.75, 3.05) is 18.6 Å². The van der Waals surface area contributed by atoms with Crippen LogP contribution in [0.25, 0.3) is 0 Å². The van der Waals surface area contributed by atoms with E-state index < -0.39 is 38.8 Å². The second-order valence-corrected chi connectivity index (χ2v) is 10.8. The maximum absolute atomic E-state index is 12.9. The second kappa shape index (κ2) is 7.53. The first-order valence-corrected chi connectivity index (χ1v) is 11.5. The Morgan fingerprint density at radius 3 is 2.46 bits per heavy atom. The van der Waals surface area contributed by atoms with E-state index in [9.17, 15) is 18.0 Å². The number of fused-ring (bicyclic) bond motifs is 1. The van der Waals surface area contributed by atoms with Gasteiger partial charge in [0.05, 0.1) is 5.75 Å². The van der Waals surface area contributed by atoms with Gasteiger partial charge in [-0.05, 0) is 38.5 Å². The van der Waals surface area contributed by atoms with Gasteiger partial charge in [-0.3, -0.25) is 9.69 Å². The van der Waals surface area contributed by atoms with Crippen LogP contribution in [0.2, 0.25) is 0 Å². The first kappa shape index (κ1) is 20.9. The third-order valence-corrected chi connectivity index (χ3v) is 7.36. The largest absolute Gasteiger partial charge is 0.455 e. The number of hydrogen-bond donors (Lipinski definition) is 0. The van der Waals surface area contributed by atoms with E-state index in [0.717, 1.165) is 9.80 Å². The molecule has 1 amide bonds. The lowest BCUT2D eigenvalue weighted by atomic mass is 10.1. The molecule has 2 unspecified atom stereocenters. The Bertz CT molecular complexity index is 917. The lowest BCUT2D eigenvalue weighted by Crippen LogP contribution is -2.70. The molecule has 0 aliphatic carbocycles. The van der Waals surface area contributed by atoms with Gasteiger partial charge in [0.25, 0.3) is 5.91 Å². The number of amides is 1. The fraction of sp³-hybridized carbons (Fsp3) is 0.474. The summed E-state index contributed by atoms with van der Waals surface area (Å²) in [5, 5.41) is -1.18. The maximum atomic E-state index is 12.9. The molecule has 1 aromatic rings. The van der Waals surface area contributed by atoms with Crippen LogP contribution in [0, 0.1) is 0 Å². The molecule has 28 heavy (non-hydrogen) atoms. The van der Waals surface area contributed by atoms with Crippen LogP contribution in [0.5, 0.6) is 0 Å². The van der Waals surface area contributed by atoms with E-state index in [1.54, 1.807) is 20.8 Å². The van der Waals surface area contributed by atoms with Gasteiger partial charge in [-0.15, -0.1) is 11.8 Å². The van der Waals surface area contributed by atoms with E-state index in [-0.39, 0.29) is 17.2 Å². The standard InChI is InChI=1S/C19H23NO6S2/c1-19(2,3)26-18(22)14-12(10-27-13-8-6-5-7-9-13)11-28(23,24)17-15(25-4)16(21)20(14)17/h5-9,15,17H,10-11H2,1-4H3. The molecule has 1 aromatic carbocycles. The fourth-order valence-corrected chi connectivity index (χ4v) is 6.26. The van der Waals surface area contributed by atoms with Crippen LogP contribution in [-0.2, 0) is 28.9 Å². The summed E-state index contributed by atoms with van der Waals surface area (Å²) >= 11 is 1.40. The van der Waals surface area contributed by atoms with E-state index in [4.69, 9.17) is 9.47 Å². The van der Waals surface area contributed by atoms with Crippen molar-refractivity contribution in [3.8, 4) is 0 Å². The third kappa shape index (κ3) is 3.97. The summed E-state index contributed by atoms with van der Waals surface area (Å²) in [5.74, 6) is -1.29. The molecule has 152 valence electrons. The Kier molecular flexibility index (Phi) is 5.62. The van der Waals surface area contributed by atoms with E-state index >= 15 is 0 Å². The number of rotatable bonds is 5. The number of methoxy groups -OCH3 is 1. The minimum Gasteiger partial charge on any atom is -0.455 e. The van der Waals surface area contributed by atoms with Gasteiger partial charge in [0, 0.05) is 17.8 Å². The van der Waals surface area contributed by atoms with Gasteiger partial charge < -0.3 is 9.47 Å². The number of carbonyl (C=O) groups excluding carboxylic acids is 2. The highest BCUT2D eigenvalue weighted by atomic mass is 32.2. The predicted octanol–water partition coefficient (Wildman–Crippen LogP) is 1.99. The lowest BCUT2D eigenvalue weighted by Gasteiger charge is -2.48. The van der Waals surface area contributed by atoms with Crippen LogP contribution in [0.3, 0.4) is 0 Å². The average molecular weight is 426 g/mol. The number of ether oxygens (including phenoxy) is 2. The third-order valence-electron chi connectivity index (χ3n) is 4.32. The van der Waals surface area contributed by atoms with Crippen molar-refractivity contribution in [2.45, 2.75) is 42.7 Å². The Morgan fingerprint density at radius 2 is 1.89 bits per heavy atom. The number of thioether (sulfide) groups is 1. The Morgan fingerprint density at radius 1 is 1.25 bits per heavy atom. The van der Waals surface area contributed by atoms with E-state index in [0.29, 0.717) is 5.57 Å². The molecular weight excluding hydrogens is 402 g/mol. The Labute approximate surface area is 169 Å². The van der Waals surface area contributed by atoms with Crippen LogP contribution in [0.15, 0.2) is 46.5 Å². The van der Waals surface area contributed by atoms with Gasteiger partial charge >= 0.3 is 5.97 Å². The van der Waals surface area contributed by atoms with Crippen LogP contribution in [-0.4, -0.2) is 60.9 Å². The molecule has 1 fully saturated rings. The number of benzene rings is 1. The van der Waals surface area contributed by atoms with Crippen molar-refractivity contribution in [3.63, 3.8) is 0 Å². The Hall–Kier alpha value is -1.84. The highest BCUT2D eigenvalue weighted by molar-refractivity contribution is 7.99. The summed E-state index contributed by atoms with van der Waals surface area (Å²) in [4.78, 5) is 27.3. The lowest BCUT2D eigenvalue weighted by molar-refractivity contribution is -0.167. The van der Waals surface area contributed by atoms with Crippen LogP contribution < -0.4 is 0 Å². The highest BCUT2D eigenvalue weighted by Crippen LogP contribution is 2.40. The van der Waals surface area contributed by atoms with Gasteiger partial charge in [0.2, 0.25) is 0 Å². The highest BCUT2D eigenvalue weighted by Gasteiger charge is 2.60. The van der Waals surface area contributed by atoms with E-state index in [2.05, 4.69) is 0 Å². The van der Waals surface area contributed by atoms with Crippen LogP contribution in [0.1, 0.15) is 20.8 Å². The summed E-state index contributed by atoms with van der Waals surface area (Å²) in [5.41, 5.74) is -0.388. The number of nitrogens with zero attached hydrogens (tertiary/aromatic N) is 1. The molecule has 1 saturated heterocycles. The molecule has 0 spiro atoms. The number of carbonyl (C=O) groups is 2. The first-order chi connectivity index (χ1) is 13.0. The minimum absolute atomic E-state index is 0.0245. The number of esters is 1. The van der Waals surface area contributed by atoms with Crippen LogP contribution >= 0.6 is 11.8 Å². The molecule has 0 radical (unpaired) electrons. The zero-order chi connectivity index (χ0) is 20.7. The molecule has 2 aliphatic rings. The fourth-order valence-electron chi connectivity index (χ4n) is 3.17. The normalized spacial score (nSPS) is 23.9. The monoisotopic (exact) mass is 425 g/mol. The molecule has 2 heterocycles. The van der Waals surface area contributed by atoms with Gasteiger partial charge in [-0.25, -0.2) is 13.2 Å². The zero-order valence-corrected chi connectivity index (χ0v) is 17.8. The molecule has 0 aromatic heterocycles. The molecule has 2 atom stereocenters. The molecule has 3 rings (SSSR count). The van der Waals surface area contributed by atoms with Crippen LogP contribution in [0.4, 0.5) is 0 Å². The average Bonchev–Trinajstić information content (AvgIpc) is 2.59. The number of β-lactam (4-membered cyclic amide) rings is 1. The zero-order valence-electron chi connectivity index (χ0n) is 16.2. The topological polar surface area (TPSA) is 90.0 Å². The van der Waals surface area contributed by atoms with Crippen molar-refractivity contribution in [3.05, 3.63) is 41.6 Å². The van der Waals surface area contributed by atoms with E-state index in [1.807, 2.05) is 30.3 Å². The molecule has 0 N–H and O–H groups in total. The molecule has 0 bridgehead atoms. The molecule has 2 aliphatic heterocycles. The van der Waals surface area contributed by atoms with Gasteiger partial charge in [-0.2, -0.15) is 0 Å².